The number of rotatable bonds is 6. The Kier molecular flexibility index (Phi) is 5.38. The van der Waals surface area contributed by atoms with E-state index in [2.05, 4.69) is 10.3 Å². The van der Waals surface area contributed by atoms with Gasteiger partial charge in [-0.15, -0.1) is 11.3 Å². The molecule has 0 aliphatic heterocycles. The van der Waals surface area contributed by atoms with E-state index in [0.717, 1.165) is 16.3 Å². The first-order valence-electron chi connectivity index (χ1n) is 7.91. The van der Waals surface area contributed by atoms with Crippen LogP contribution in [-0.2, 0) is 11.2 Å². The van der Waals surface area contributed by atoms with E-state index in [9.17, 15) is 14.0 Å². The van der Waals surface area contributed by atoms with Crippen LogP contribution in [0.1, 0.15) is 21.8 Å². The number of halogens is 1. The Bertz CT molecular complexity index is 921. The fourth-order valence-corrected chi connectivity index (χ4v) is 3.15. The topological polar surface area (TPSA) is 85.1 Å². The zero-order valence-corrected chi connectivity index (χ0v) is 14.6. The van der Waals surface area contributed by atoms with Crippen LogP contribution in [0.25, 0.3) is 11.3 Å². The molecule has 5 nitrogen and oxygen atoms in total. The first-order valence-corrected chi connectivity index (χ1v) is 8.79. The molecule has 26 heavy (non-hydrogen) atoms. The highest BCUT2D eigenvalue weighted by Gasteiger charge is 2.08. The van der Waals surface area contributed by atoms with Crippen LogP contribution in [0.3, 0.4) is 0 Å². The number of carbonyl (C=O) groups is 2. The second-order valence-electron chi connectivity index (χ2n) is 5.62. The van der Waals surface area contributed by atoms with E-state index in [1.54, 1.807) is 36.4 Å². The summed E-state index contributed by atoms with van der Waals surface area (Å²) in [5, 5.41) is 5.50. The number of amides is 2. The average molecular weight is 369 g/mol. The molecule has 132 valence electrons. The van der Waals surface area contributed by atoms with Crippen molar-refractivity contribution >= 4 is 28.8 Å². The molecule has 3 rings (SSSR count). The van der Waals surface area contributed by atoms with Gasteiger partial charge in [0.05, 0.1) is 10.7 Å². The van der Waals surface area contributed by atoms with Crippen molar-refractivity contribution in [3.05, 3.63) is 70.3 Å². The maximum atomic E-state index is 13.0. The highest BCUT2D eigenvalue weighted by atomic mass is 32.1. The standard InChI is InChI=1S/C19H16FN3O2S/c20-14-5-1-12(2-6-14)16-11-26-18(23-16)10-9-17(24)22-15-7-3-13(4-8-15)19(21)25/h1-8,11H,9-10H2,(H2,21,25)(H,22,24). The number of primary amides is 1. The summed E-state index contributed by atoms with van der Waals surface area (Å²) in [5.74, 6) is -0.941. The molecule has 3 aromatic rings. The lowest BCUT2D eigenvalue weighted by molar-refractivity contribution is -0.116. The lowest BCUT2D eigenvalue weighted by atomic mass is 10.2. The fourth-order valence-electron chi connectivity index (χ4n) is 2.34. The van der Waals surface area contributed by atoms with Crippen LogP contribution in [0.2, 0.25) is 0 Å². The van der Waals surface area contributed by atoms with Gasteiger partial charge in [-0.05, 0) is 48.5 Å². The van der Waals surface area contributed by atoms with Crippen molar-refractivity contribution < 1.29 is 14.0 Å². The third kappa shape index (κ3) is 4.52. The Morgan fingerprint density at radius 1 is 1.08 bits per heavy atom. The van der Waals surface area contributed by atoms with Gasteiger partial charge in [-0.3, -0.25) is 9.59 Å². The average Bonchev–Trinajstić information content (AvgIpc) is 3.10. The van der Waals surface area contributed by atoms with Gasteiger partial charge in [-0.1, -0.05) is 0 Å². The van der Waals surface area contributed by atoms with Gasteiger partial charge in [-0.25, -0.2) is 9.37 Å². The summed E-state index contributed by atoms with van der Waals surface area (Å²) in [7, 11) is 0. The number of anilines is 1. The van der Waals surface area contributed by atoms with Crippen LogP contribution in [0, 0.1) is 5.82 Å². The van der Waals surface area contributed by atoms with Crippen molar-refractivity contribution in [3.8, 4) is 11.3 Å². The van der Waals surface area contributed by atoms with Crippen molar-refractivity contribution in [2.75, 3.05) is 5.32 Å². The Morgan fingerprint density at radius 3 is 2.42 bits per heavy atom. The quantitative estimate of drug-likeness (QED) is 0.696. The fraction of sp³-hybridized carbons (Fsp3) is 0.105. The molecule has 1 aromatic heterocycles. The summed E-state index contributed by atoms with van der Waals surface area (Å²) in [6, 6.07) is 12.5. The van der Waals surface area contributed by atoms with Gasteiger partial charge in [0.2, 0.25) is 11.8 Å². The highest BCUT2D eigenvalue weighted by Crippen LogP contribution is 2.23. The number of benzene rings is 2. The molecule has 0 saturated carbocycles. The molecule has 0 aliphatic carbocycles. The van der Waals surface area contributed by atoms with Gasteiger partial charge in [0.25, 0.3) is 0 Å². The maximum absolute atomic E-state index is 13.0. The molecule has 0 unspecified atom stereocenters. The van der Waals surface area contributed by atoms with Crippen molar-refractivity contribution in [2.45, 2.75) is 12.8 Å². The third-order valence-electron chi connectivity index (χ3n) is 3.71. The molecule has 7 heteroatoms. The van der Waals surface area contributed by atoms with Crippen LogP contribution in [0.4, 0.5) is 10.1 Å². The number of aryl methyl sites for hydroxylation is 1. The Hall–Kier alpha value is -3.06. The van der Waals surface area contributed by atoms with E-state index in [1.165, 1.54) is 23.5 Å². The predicted octanol–water partition coefficient (Wildman–Crippen LogP) is 3.62. The van der Waals surface area contributed by atoms with Crippen molar-refractivity contribution in [1.82, 2.24) is 4.98 Å². The van der Waals surface area contributed by atoms with E-state index in [-0.39, 0.29) is 18.1 Å². The maximum Gasteiger partial charge on any atom is 0.248 e. The van der Waals surface area contributed by atoms with Gasteiger partial charge < -0.3 is 11.1 Å². The summed E-state index contributed by atoms with van der Waals surface area (Å²) in [4.78, 5) is 27.6. The van der Waals surface area contributed by atoms with Crippen LogP contribution in [-0.4, -0.2) is 16.8 Å². The van der Waals surface area contributed by atoms with Crippen LogP contribution in [0.5, 0.6) is 0 Å². The Labute approximate surface area is 153 Å². The molecular weight excluding hydrogens is 353 g/mol. The summed E-state index contributed by atoms with van der Waals surface area (Å²) in [6.45, 7) is 0. The monoisotopic (exact) mass is 369 g/mol. The van der Waals surface area contributed by atoms with Crippen molar-refractivity contribution in [3.63, 3.8) is 0 Å². The molecule has 0 spiro atoms. The number of thiazole rings is 1. The van der Waals surface area contributed by atoms with Gasteiger partial charge in [0.15, 0.2) is 0 Å². The molecule has 0 bridgehead atoms. The van der Waals surface area contributed by atoms with Gasteiger partial charge in [0.1, 0.15) is 5.82 Å². The highest BCUT2D eigenvalue weighted by molar-refractivity contribution is 7.09. The number of nitrogens with two attached hydrogens (primary N) is 1. The van der Waals surface area contributed by atoms with Crippen molar-refractivity contribution in [2.24, 2.45) is 5.73 Å². The molecule has 0 atom stereocenters. The first kappa shape index (κ1) is 17.8. The number of hydrogen-bond donors (Lipinski definition) is 2. The minimum Gasteiger partial charge on any atom is -0.366 e. The lowest BCUT2D eigenvalue weighted by Gasteiger charge is -2.05. The van der Waals surface area contributed by atoms with Crippen LogP contribution < -0.4 is 11.1 Å². The summed E-state index contributed by atoms with van der Waals surface area (Å²) >= 11 is 1.47. The number of hydrogen-bond acceptors (Lipinski definition) is 4. The molecule has 2 aromatic carbocycles. The second-order valence-corrected chi connectivity index (χ2v) is 6.57. The van der Waals surface area contributed by atoms with Crippen LogP contribution in [0.15, 0.2) is 53.9 Å². The van der Waals surface area contributed by atoms with Gasteiger partial charge in [0, 0.05) is 35.0 Å². The third-order valence-corrected chi connectivity index (χ3v) is 4.62. The summed E-state index contributed by atoms with van der Waals surface area (Å²) < 4.78 is 13.0. The molecule has 3 N–H and O–H groups in total. The molecule has 0 aliphatic rings. The van der Waals surface area contributed by atoms with Crippen molar-refractivity contribution in [1.29, 1.82) is 0 Å². The minimum absolute atomic E-state index is 0.143. The van der Waals surface area contributed by atoms with E-state index in [4.69, 9.17) is 5.73 Å². The molecule has 1 heterocycles. The molecule has 0 fully saturated rings. The Morgan fingerprint density at radius 2 is 1.77 bits per heavy atom. The predicted molar refractivity (Wildman–Crippen MR) is 99.4 cm³/mol. The number of carbonyl (C=O) groups excluding carboxylic acids is 2. The van der Waals surface area contributed by atoms with E-state index in [0.29, 0.717) is 17.7 Å². The number of nitrogens with zero attached hydrogens (tertiary/aromatic N) is 1. The smallest absolute Gasteiger partial charge is 0.248 e. The van der Waals surface area contributed by atoms with Gasteiger partial charge >= 0.3 is 0 Å². The minimum atomic E-state index is -0.511. The molecular formula is C19H16FN3O2S. The SMILES string of the molecule is NC(=O)c1ccc(NC(=O)CCc2nc(-c3ccc(F)cc3)cs2)cc1. The van der Waals surface area contributed by atoms with E-state index in [1.807, 2.05) is 5.38 Å². The zero-order valence-electron chi connectivity index (χ0n) is 13.7. The Balaban J connectivity index is 1.54. The summed E-state index contributed by atoms with van der Waals surface area (Å²) in [5.41, 5.74) is 7.78. The molecule has 0 radical (unpaired) electrons. The number of nitrogens with one attached hydrogen (secondary N) is 1. The summed E-state index contributed by atoms with van der Waals surface area (Å²) in [6.07, 6.45) is 0.797. The molecule has 0 saturated heterocycles. The number of aromatic nitrogens is 1. The largest absolute Gasteiger partial charge is 0.366 e. The zero-order chi connectivity index (χ0) is 18.5. The molecule has 2 amide bonds. The van der Waals surface area contributed by atoms with Crippen LogP contribution >= 0.6 is 11.3 Å². The van der Waals surface area contributed by atoms with E-state index < -0.39 is 5.91 Å². The first-order chi connectivity index (χ1) is 12.5. The normalized spacial score (nSPS) is 10.5. The second kappa shape index (κ2) is 7.88. The lowest BCUT2D eigenvalue weighted by Crippen LogP contribution is -2.13. The van der Waals surface area contributed by atoms with Gasteiger partial charge in [-0.2, -0.15) is 0 Å². The van der Waals surface area contributed by atoms with E-state index >= 15 is 0 Å².